The highest BCUT2D eigenvalue weighted by atomic mass is 35.5. The summed E-state index contributed by atoms with van der Waals surface area (Å²) >= 11 is 6.33. The fourth-order valence-corrected chi connectivity index (χ4v) is 3.73. The Morgan fingerprint density at radius 3 is 2.67 bits per heavy atom. The van der Waals surface area contributed by atoms with Crippen molar-refractivity contribution in [1.82, 2.24) is 15.6 Å². The van der Waals surface area contributed by atoms with Crippen molar-refractivity contribution < 1.29 is 14.7 Å². The molecular weight excluding hydrogens is 330 g/mol. The molecule has 2 aromatic rings. The Morgan fingerprint density at radius 2 is 1.96 bits per heavy atom. The van der Waals surface area contributed by atoms with Crippen LogP contribution in [0, 0.1) is 0 Å². The van der Waals surface area contributed by atoms with Gasteiger partial charge in [0.25, 0.3) is 5.91 Å². The lowest BCUT2D eigenvalue weighted by atomic mass is 9.81. The second-order valence-corrected chi connectivity index (χ2v) is 6.70. The molecule has 0 aliphatic heterocycles. The highest BCUT2D eigenvalue weighted by Gasteiger charge is 2.34. The summed E-state index contributed by atoms with van der Waals surface area (Å²) in [7, 11) is 0. The highest BCUT2D eigenvalue weighted by Crippen LogP contribution is 2.29. The van der Waals surface area contributed by atoms with Gasteiger partial charge in [-0.25, -0.2) is 4.79 Å². The van der Waals surface area contributed by atoms with Crippen LogP contribution >= 0.6 is 11.6 Å². The monoisotopic (exact) mass is 349 g/mol. The van der Waals surface area contributed by atoms with Gasteiger partial charge in [-0.05, 0) is 31.0 Å². The van der Waals surface area contributed by atoms with E-state index in [1.165, 1.54) is 0 Å². The van der Waals surface area contributed by atoms with Crippen LogP contribution in [0.25, 0.3) is 10.9 Å². The molecule has 128 valence electrons. The fraction of sp³-hybridized carbons (Fsp3) is 0.412. The fourth-order valence-electron chi connectivity index (χ4n) is 3.42. The smallest absolute Gasteiger partial charge is 0.405 e. The van der Waals surface area contributed by atoms with E-state index >= 15 is 0 Å². The molecule has 1 heterocycles. The van der Waals surface area contributed by atoms with Crippen LogP contribution in [0.1, 0.15) is 42.5 Å². The zero-order valence-electron chi connectivity index (χ0n) is 13.2. The first-order valence-electron chi connectivity index (χ1n) is 8.06. The van der Waals surface area contributed by atoms with Gasteiger partial charge in [0.15, 0.2) is 0 Å². The largest absolute Gasteiger partial charge is 0.465 e. The summed E-state index contributed by atoms with van der Waals surface area (Å²) < 4.78 is 0. The molecule has 0 saturated heterocycles. The number of H-pyrrole nitrogens is 1. The van der Waals surface area contributed by atoms with Gasteiger partial charge in [0.05, 0.1) is 16.1 Å². The maximum atomic E-state index is 12.5. The van der Waals surface area contributed by atoms with E-state index in [1.807, 2.05) is 12.1 Å². The standard InChI is InChI=1S/C17H20ClN3O3/c18-14-11-6-9-19-13(11)5-4-12(14)15(22)20-10-17(21-16(23)24)7-2-1-3-8-17/h4-6,9,19,21H,1-3,7-8,10H2,(H,20,22)(H,23,24). The predicted octanol–water partition coefficient (Wildman–Crippen LogP) is 3.52. The summed E-state index contributed by atoms with van der Waals surface area (Å²) in [5.41, 5.74) is 0.669. The Balaban J connectivity index is 1.75. The van der Waals surface area contributed by atoms with Crippen LogP contribution in [0.5, 0.6) is 0 Å². The molecule has 1 aliphatic rings. The number of carbonyl (C=O) groups excluding carboxylic acids is 1. The van der Waals surface area contributed by atoms with Crippen LogP contribution in [0.2, 0.25) is 5.02 Å². The number of hydrogen-bond acceptors (Lipinski definition) is 2. The molecule has 0 atom stereocenters. The van der Waals surface area contributed by atoms with Gasteiger partial charge in [0.2, 0.25) is 0 Å². The van der Waals surface area contributed by atoms with Crippen molar-refractivity contribution in [2.75, 3.05) is 6.54 Å². The number of aromatic amines is 1. The molecule has 1 fully saturated rings. The van der Waals surface area contributed by atoms with E-state index in [1.54, 1.807) is 12.3 Å². The summed E-state index contributed by atoms with van der Waals surface area (Å²) in [6.07, 6.45) is 5.16. The number of aromatic nitrogens is 1. The Hall–Kier alpha value is -2.21. The summed E-state index contributed by atoms with van der Waals surface area (Å²) in [4.78, 5) is 26.7. The molecular formula is C17H20ClN3O3. The minimum Gasteiger partial charge on any atom is -0.465 e. The zero-order valence-corrected chi connectivity index (χ0v) is 13.9. The van der Waals surface area contributed by atoms with Crippen LogP contribution in [-0.4, -0.2) is 34.2 Å². The number of halogens is 1. The first-order chi connectivity index (χ1) is 11.5. The van der Waals surface area contributed by atoms with Gasteiger partial charge in [0.1, 0.15) is 0 Å². The molecule has 7 heteroatoms. The number of amides is 2. The third-order valence-corrected chi connectivity index (χ3v) is 5.09. The van der Waals surface area contributed by atoms with Crippen molar-refractivity contribution in [1.29, 1.82) is 0 Å². The second kappa shape index (κ2) is 6.73. The maximum Gasteiger partial charge on any atom is 0.405 e. The average Bonchev–Trinajstić information content (AvgIpc) is 3.03. The van der Waals surface area contributed by atoms with Crippen LogP contribution in [0.3, 0.4) is 0 Å². The topological polar surface area (TPSA) is 94.2 Å². The van der Waals surface area contributed by atoms with Crippen molar-refractivity contribution in [3.63, 3.8) is 0 Å². The van der Waals surface area contributed by atoms with E-state index in [0.717, 1.165) is 43.0 Å². The molecule has 0 bridgehead atoms. The molecule has 4 N–H and O–H groups in total. The number of carboxylic acid groups (broad SMARTS) is 1. The van der Waals surface area contributed by atoms with Gasteiger partial charge in [-0.3, -0.25) is 4.79 Å². The van der Waals surface area contributed by atoms with Gasteiger partial charge >= 0.3 is 6.09 Å². The number of benzene rings is 1. The number of nitrogens with one attached hydrogen (secondary N) is 3. The summed E-state index contributed by atoms with van der Waals surface area (Å²) in [6, 6.07) is 5.31. The summed E-state index contributed by atoms with van der Waals surface area (Å²) in [5, 5.41) is 15.8. The van der Waals surface area contributed by atoms with E-state index < -0.39 is 11.6 Å². The third kappa shape index (κ3) is 3.33. The van der Waals surface area contributed by atoms with Gasteiger partial charge in [-0.15, -0.1) is 0 Å². The Kier molecular flexibility index (Phi) is 4.66. The van der Waals surface area contributed by atoms with E-state index in [9.17, 15) is 9.59 Å². The molecule has 0 unspecified atom stereocenters. The summed E-state index contributed by atoms with van der Waals surface area (Å²) in [6.45, 7) is 0.264. The SMILES string of the molecule is O=C(O)NC1(CNC(=O)c2ccc3[nH]ccc3c2Cl)CCCCC1. The Labute approximate surface area is 144 Å². The minimum absolute atomic E-state index is 0.264. The molecule has 1 aromatic carbocycles. The first kappa shape index (κ1) is 16.6. The van der Waals surface area contributed by atoms with E-state index in [-0.39, 0.29) is 12.5 Å². The number of rotatable bonds is 4. The normalized spacial score (nSPS) is 16.7. The van der Waals surface area contributed by atoms with E-state index in [0.29, 0.717) is 10.6 Å². The molecule has 1 aromatic heterocycles. The lowest BCUT2D eigenvalue weighted by molar-refractivity contribution is 0.0924. The highest BCUT2D eigenvalue weighted by molar-refractivity contribution is 6.38. The molecule has 0 spiro atoms. The number of hydrogen-bond donors (Lipinski definition) is 4. The predicted molar refractivity (Wildman–Crippen MR) is 92.6 cm³/mol. The Morgan fingerprint density at radius 1 is 1.21 bits per heavy atom. The second-order valence-electron chi connectivity index (χ2n) is 6.32. The van der Waals surface area contributed by atoms with Crippen molar-refractivity contribution in [2.24, 2.45) is 0 Å². The molecule has 3 rings (SSSR count). The van der Waals surface area contributed by atoms with Crippen molar-refractivity contribution >= 4 is 34.5 Å². The molecule has 2 amide bonds. The van der Waals surface area contributed by atoms with Crippen molar-refractivity contribution in [2.45, 2.75) is 37.6 Å². The summed E-state index contributed by atoms with van der Waals surface area (Å²) in [5.74, 6) is -0.291. The quantitative estimate of drug-likeness (QED) is 0.680. The van der Waals surface area contributed by atoms with Crippen LogP contribution < -0.4 is 10.6 Å². The van der Waals surface area contributed by atoms with Gasteiger partial charge < -0.3 is 20.7 Å². The average molecular weight is 350 g/mol. The molecule has 1 aliphatic carbocycles. The van der Waals surface area contributed by atoms with Crippen LogP contribution in [0.4, 0.5) is 4.79 Å². The van der Waals surface area contributed by atoms with Gasteiger partial charge in [-0.1, -0.05) is 30.9 Å². The third-order valence-electron chi connectivity index (χ3n) is 4.68. The van der Waals surface area contributed by atoms with Crippen molar-refractivity contribution in [3.05, 3.63) is 35.0 Å². The lowest BCUT2D eigenvalue weighted by Crippen LogP contribution is -2.56. The number of carbonyl (C=O) groups is 2. The van der Waals surface area contributed by atoms with Gasteiger partial charge in [-0.2, -0.15) is 0 Å². The lowest BCUT2D eigenvalue weighted by Gasteiger charge is -2.37. The van der Waals surface area contributed by atoms with Crippen LogP contribution in [0.15, 0.2) is 24.4 Å². The maximum absolute atomic E-state index is 12.5. The Bertz CT molecular complexity index is 766. The molecule has 1 saturated carbocycles. The molecule has 0 radical (unpaired) electrons. The molecule has 24 heavy (non-hydrogen) atoms. The van der Waals surface area contributed by atoms with Gasteiger partial charge in [0, 0.05) is 23.6 Å². The van der Waals surface area contributed by atoms with E-state index in [2.05, 4.69) is 15.6 Å². The zero-order chi connectivity index (χ0) is 17.2. The van der Waals surface area contributed by atoms with Crippen LogP contribution in [-0.2, 0) is 0 Å². The first-order valence-corrected chi connectivity index (χ1v) is 8.43. The van der Waals surface area contributed by atoms with Crippen molar-refractivity contribution in [3.8, 4) is 0 Å². The van der Waals surface area contributed by atoms with E-state index in [4.69, 9.17) is 16.7 Å². The minimum atomic E-state index is -1.06. The molecule has 6 nitrogen and oxygen atoms in total. The number of fused-ring (bicyclic) bond motifs is 1.